The number of carbonyl (C=O) groups excluding carboxylic acids is 1. The number of carbonyl (C=O) groups is 1. The molecule has 0 radical (unpaired) electrons. The van der Waals surface area contributed by atoms with Crippen molar-refractivity contribution in [3.8, 4) is 11.5 Å². The fourth-order valence-corrected chi connectivity index (χ4v) is 5.94. The van der Waals surface area contributed by atoms with Crippen molar-refractivity contribution in [2.24, 2.45) is 0 Å². The Hall–Kier alpha value is -2.95. The Kier molecular flexibility index (Phi) is 9.86. The molecule has 0 atom stereocenters. The van der Waals surface area contributed by atoms with Gasteiger partial charge >= 0.3 is 0 Å². The summed E-state index contributed by atoms with van der Waals surface area (Å²) in [6, 6.07) is 17.1. The van der Waals surface area contributed by atoms with Crippen LogP contribution in [0.5, 0.6) is 11.5 Å². The maximum absolute atomic E-state index is 13.9. The molecule has 3 aromatic rings. The molecule has 3 aromatic carbocycles. The Morgan fingerprint density at radius 3 is 2.42 bits per heavy atom. The highest BCUT2D eigenvalue weighted by Gasteiger charge is 2.28. The Morgan fingerprint density at radius 2 is 1.75 bits per heavy atom. The molecule has 0 aromatic heterocycles. The molecule has 0 heterocycles. The second-order valence-electron chi connectivity index (χ2n) is 7.47. The zero-order valence-corrected chi connectivity index (χ0v) is 22.1. The lowest BCUT2D eigenvalue weighted by Crippen LogP contribution is -2.41. The number of sulfonamides is 1. The molecular weight excluding hydrogens is 527 g/mol. The number of nitrogens with zero attached hydrogens (tertiary/aromatic N) is 1. The minimum absolute atomic E-state index is 0.0471. The van der Waals surface area contributed by atoms with Crippen molar-refractivity contribution in [2.75, 3.05) is 37.4 Å². The van der Waals surface area contributed by atoms with Crippen LogP contribution in [-0.4, -0.2) is 47.4 Å². The third kappa shape index (κ3) is 6.83. The maximum Gasteiger partial charge on any atom is 0.264 e. The first-order chi connectivity index (χ1) is 17.3. The highest BCUT2D eigenvalue weighted by atomic mass is 35.5. The normalized spacial score (nSPS) is 11.1. The number of hydrogen-bond acceptors (Lipinski definition) is 6. The quantitative estimate of drug-likeness (QED) is 0.327. The van der Waals surface area contributed by atoms with Crippen LogP contribution in [0.1, 0.15) is 5.56 Å². The van der Waals surface area contributed by atoms with Gasteiger partial charge in [0.2, 0.25) is 5.91 Å². The molecule has 1 amide bonds. The van der Waals surface area contributed by atoms with Crippen LogP contribution in [0.3, 0.4) is 0 Å². The van der Waals surface area contributed by atoms with E-state index in [0.29, 0.717) is 33.5 Å². The molecule has 3 rings (SSSR count). The van der Waals surface area contributed by atoms with Gasteiger partial charge in [0.15, 0.2) is 11.5 Å². The minimum atomic E-state index is -4.11. The zero-order chi connectivity index (χ0) is 26.1. The van der Waals surface area contributed by atoms with Gasteiger partial charge in [0.1, 0.15) is 12.4 Å². The first kappa shape index (κ1) is 27.6. The van der Waals surface area contributed by atoms with E-state index in [9.17, 15) is 17.6 Å². The summed E-state index contributed by atoms with van der Waals surface area (Å²) in [5.41, 5.74) is 0.748. The Balaban J connectivity index is 1.68. The molecule has 0 unspecified atom stereocenters. The lowest BCUT2D eigenvalue weighted by molar-refractivity contribution is -0.119. The summed E-state index contributed by atoms with van der Waals surface area (Å²) in [5.74, 6) is 0.623. The number of nitrogens with one attached hydrogen (secondary N) is 1. The topological polar surface area (TPSA) is 84.9 Å². The van der Waals surface area contributed by atoms with Gasteiger partial charge in [0.25, 0.3) is 10.0 Å². The monoisotopic (exact) mass is 552 g/mol. The molecule has 7 nitrogen and oxygen atoms in total. The first-order valence-corrected chi connectivity index (χ1v) is 13.8. The number of benzene rings is 3. The summed E-state index contributed by atoms with van der Waals surface area (Å²) in [7, 11) is -1.25. The van der Waals surface area contributed by atoms with Crippen LogP contribution in [0.2, 0.25) is 5.02 Å². The predicted octanol–water partition coefficient (Wildman–Crippen LogP) is 4.74. The Labute approximate surface area is 219 Å². The summed E-state index contributed by atoms with van der Waals surface area (Å²) < 4.78 is 52.4. The lowest BCUT2D eigenvalue weighted by Gasteiger charge is -2.24. The highest BCUT2D eigenvalue weighted by Crippen LogP contribution is 2.32. The number of halogens is 2. The van der Waals surface area contributed by atoms with Gasteiger partial charge in [-0.25, -0.2) is 12.8 Å². The summed E-state index contributed by atoms with van der Waals surface area (Å²) in [4.78, 5) is 12.7. The summed E-state index contributed by atoms with van der Waals surface area (Å²) >= 11 is 7.44. The predicted molar refractivity (Wildman–Crippen MR) is 141 cm³/mol. The molecule has 0 spiro atoms. The summed E-state index contributed by atoms with van der Waals surface area (Å²) in [6.07, 6.45) is 0. The molecule has 11 heteroatoms. The van der Waals surface area contributed by atoms with Crippen LogP contribution >= 0.6 is 23.4 Å². The third-order valence-electron chi connectivity index (χ3n) is 5.15. The van der Waals surface area contributed by atoms with Crippen molar-refractivity contribution in [3.63, 3.8) is 0 Å². The van der Waals surface area contributed by atoms with Gasteiger partial charge in [-0.15, -0.1) is 0 Å². The lowest BCUT2D eigenvalue weighted by atomic mass is 10.2. The van der Waals surface area contributed by atoms with Crippen molar-refractivity contribution >= 4 is 45.0 Å². The fraction of sp³-hybridized carbons (Fsp3) is 0.240. The van der Waals surface area contributed by atoms with E-state index in [-0.39, 0.29) is 23.0 Å². The van der Waals surface area contributed by atoms with E-state index in [1.54, 1.807) is 42.5 Å². The van der Waals surface area contributed by atoms with E-state index in [4.69, 9.17) is 21.1 Å². The number of hydrogen-bond donors (Lipinski definition) is 1. The second-order valence-corrected chi connectivity index (χ2v) is 10.8. The first-order valence-electron chi connectivity index (χ1n) is 10.8. The van der Waals surface area contributed by atoms with Crippen LogP contribution in [0, 0.1) is 5.82 Å². The molecular formula is C25H26ClFN2O5S2. The van der Waals surface area contributed by atoms with Gasteiger partial charge in [-0.3, -0.25) is 9.10 Å². The highest BCUT2D eigenvalue weighted by molar-refractivity contribution is 7.98. The van der Waals surface area contributed by atoms with Crippen LogP contribution in [0.25, 0.3) is 0 Å². The molecule has 0 saturated heterocycles. The number of methoxy groups -OCH3 is 2. The Morgan fingerprint density at radius 1 is 1.03 bits per heavy atom. The SMILES string of the molecule is COc1ccc(S(=O)(=O)N(CC(=O)NCCSCc2c(F)cccc2Cl)c2ccccc2)cc1OC. The number of thioether (sulfide) groups is 1. The van der Waals surface area contributed by atoms with Crippen LogP contribution in [-0.2, 0) is 20.6 Å². The number of rotatable bonds is 12. The van der Waals surface area contributed by atoms with Crippen molar-refractivity contribution in [1.82, 2.24) is 5.32 Å². The molecule has 0 fully saturated rings. The molecule has 0 saturated carbocycles. The zero-order valence-electron chi connectivity index (χ0n) is 19.7. The van der Waals surface area contributed by atoms with Crippen LogP contribution < -0.4 is 19.1 Å². The van der Waals surface area contributed by atoms with E-state index in [1.807, 2.05) is 0 Å². The summed E-state index contributed by atoms with van der Waals surface area (Å²) in [5, 5.41) is 3.08. The second kappa shape index (κ2) is 12.8. The van der Waals surface area contributed by atoms with E-state index < -0.39 is 22.5 Å². The van der Waals surface area contributed by atoms with Gasteiger partial charge in [-0.05, 0) is 36.4 Å². The van der Waals surface area contributed by atoms with Crippen LogP contribution in [0.4, 0.5) is 10.1 Å². The Bertz CT molecular complexity index is 1270. The maximum atomic E-state index is 13.9. The molecule has 0 bridgehead atoms. The minimum Gasteiger partial charge on any atom is -0.493 e. The van der Waals surface area contributed by atoms with Gasteiger partial charge in [-0.1, -0.05) is 35.9 Å². The van der Waals surface area contributed by atoms with Crippen molar-refractivity contribution in [3.05, 3.63) is 83.1 Å². The fourth-order valence-electron chi connectivity index (χ4n) is 3.31. The van der Waals surface area contributed by atoms with Gasteiger partial charge < -0.3 is 14.8 Å². The molecule has 1 N–H and O–H groups in total. The summed E-state index contributed by atoms with van der Waals surface area (Å²) in [6.45, 7) is -0.154. The van der Waals surface area contributed by atoms with E-state index >= 15 is 0 Å². The smallest absolute Gasteiger partial charge is 0.264 e. The molecule has 0 aliphatic rings. The van der Waals surface area contributed by atoms with Crippen molar-refractivity contribution in [1.29, 1.82) is 0 Å². The van der Waals surface area contributed by atoms with Gasteiger partial charge in [0, 0.05) is 34.7 Å². The number of ether oxygens (including phenoxy) is 2. The molecule has 192 valence electrons. The average Bonchev–Trinajstić information content (AvgIpc) is 2.88. The average molecular weight is 553 g/mol. The van der Waals surface area contributed by atoms with Crippen molar-refractivity contribution < 1.29 is 27.1 Å². The molecule has 0 aliphatic heterocycles. The number of para-hydroxylation sites is 1. The van der Waals surface area contributed by atoms with E-state index in [1.165, 1.54) is 50.2 Å². The number of anilines is 1. The van der Waals surface area contributed by atoms with Crippen molar-refractivity contribution in [2.45, 2.75) is 10.6 Å². The molecule has 0 aliphatic carbocycles. The number of amides is 1. The third-order valence-corrected chi connectivity index (χ3v) is 8.26. The van der Waals surface area contributed by atoms with E-state index in [0.717, 1.165) is 4.31 Å². The van der Waals surface area contributed by atoms with Gasteiger partial charge in [-0.2, -0.15) is 11.8 Å². The largest absolute Gasteiger partial charge is 0.493 e. The molecule has 36 heavy (non-hydrogen) atoms. The van der Waals surface area contributed by atoms with E-state index in [2.05, 4.69) is 5.32 Å². The van der Waals surface area contributed by atoms with Gasteiger partial charge in [0.05, 0.1) is 24.8 Å². The van der Waals surface area contributed by atoms with Crippen LogP contribution in [0.15, 0.2) is 71.6 Å². The standard InChI is InChI=1S/C25H26ClFN2O5S2/c1-33-23-12-11-19(15-24(23)34-2)36(31,32)29(18-7-4-3-5-8-18)16-25(30)28-13-14-35-17-20-21(26)9-6-10-22(20)27/h3-12,15H,13-14,16-17H2,1-2H3,(H,28,30).